The van der Waals surface area contributed by atoms with Gasteiger partial charge in [0.15, 0.2) is 0 Å². The average molecular weight is 214 g/mol. The van der Waals surface area contributed by atoms with Crippen molar-refractivity contribution < 1.29 is 4.79 Å². The fourth-order valence-electron chi connectivity index (χ4n) is 3.61. The zero-order valence-electron chi connectivity index (χ0n) is 9.83. The Bertz CT molecular complexity index is 435. The van der Waals surface area contributed by atoms with Crippen molar-refractivity contribution in [1.82, 2.24) is 0 Å². The molecule has 1 aromatic carbocycles. The van der Waals surface area contributed by atoms with Crippen LogP contribution >= 0.6 is 0 Å². The smallest absolute Gasteiger partial charge is 0.133 e. The number of fused-ring (bicyclic) bond motifs is 3. The van der Waals surface area contributed by atoms with Crippen LogP contribution in [0.2, 0.25) is 0 Å². The first-order valence-electron chi connectivity index (χ1n) is 6.30. The molecular weight excluding hydrogens is 196 g/mol. The Morgan fingerprint density at radius 3 is 2.94 bits per heavy atom. The lowest BCUT2D eigenvalue weighted by molar-refractivity contribution is -0.123. The van der Waals surface area contributed by atoms with E-state index >= 15 is 0 Å². The van der Waals surface area contributed by atoms with E-state index in [9.17, 15) is 4.79 Å². The first-order valence-corrected chi connectivity index (χ1v) is 6.30. The molecule has 2 aliphatic carbocycles. The van der Waals surface area contributed by atoms with Crippen LogP contribution < -0.4 is 0 Å². The quantitative estimate of drug-likeness (QED) is 0.648. The number of hydrogen-bond donors (Lipinski definition) is 0. The van der Waals surface area contributed by atoms with Crippen LogP contribution in [0.25, 0.3) is 0 Å². The molecule has 3 rings (SSSR count). The third-order valence-corrected chi connectivity index (χ3v) is 4.69. The third-order valence-electron chi connectivity index (χ3n) is 4.69. The second-order valence-corrected chi connectivity index (χ2v) is 5.55. The largest absolute Gasteiger partial charge is 0.300 e. The number of Topliss-reactive ketones (excluding diaryl/α,β-unsaturated/α-hetero) is 1. The van der Waals surface area contributed by atoms with Gasteiger partial charge in [-0.3, -0.25) is 4.79 Å². The molecule has 1 aromatic rings. The van der Waals surface area contributed by atoms with E-state index < -0.39 is 0 Å². The Morgan fingerprint density at radius 1 is 1.25 bits per heavy atom. The monoisotopic (exact) mass is 214 g/mol. The molecule has 0 bridgehead atoms. The first-order chi connectivity index (χ1) is 7.70. The molecule has 1 fully saturated rings. The number of carbonyl (C=O) groups excluding carboxylic acids is 1. The Labute approximate surface area is 96.9 Å². The predicted molar refractivity (Wildman–Crippen MR) is 64.5 cm³/mol. The third kappa shape index (κ3) is 1.34. The average Bonchev–Trinajstić information content (AvgIpc) is 2.31. The van der Waals surface area contributed by atoms with Crippen LogP contribution in [-0.2, 0) is 16.6 Å². The molecule has 0 spiro atoms. The van der Waals surface area contributed by atoms with Crippen molar-refractivity contribution in [3.63, 3.8) is 0 Å². The van der Waals surface area contributed by atoms with E-state index in [1.807, 2.05) is 0 Å². The lowest BCUT2D eigenvalue weighted by Crippen LogP contribution is -2.41. The van der Waals surface area contributed by atoms with Crippen molar-refractivity contribution in [2.45, 2.75) is 44.4 Å². The molecule has 2 atom stereocenters. The van der Waals surface area contributed by atoms with Gasteiger partial charge in [-0.25, -0.2) is 0 Å². The van der Waals surface area contributed by atoms with E-state index in [1.165, 1.54) is 17.5 Å². The van der Waals surface area contributed by atoms with Gasteiger partial charge in [-0.15, -0.1) is 0 Å². The minimum absolute atomic E-state index is 0.267. The second kappa shape index (κ2) is 3.44. The molecule has 0 amide bonds. The maximum atomic E-state index is 11.6. The second-order valence-electron chi connectivity index (χ2n) is 5.55. The number of carbonyl (C=O) groups is 1. The summed E-state index contributed by atoms with van der Waals surface area (Å²) in [7, 11) is 0. The highest BCUT2D eigenvalue weighted by atomic mass is 16.1. The predicted octanol–water partition coefficient (Wildman–Crippen LogP) is 3.26. The first kappa shape index (κ1) is 10.1. The van der Waals surface area contributed by atoms with E-state index in [1.54, 1.807) is 0 Å². The van der Waals surface area contributed by atoms with Crippen LogP contribution in [0, 0.1) is 5.92 Å². The van der Waals surface area contributed by atoms with Gasteiger partial charge >= 0.3 is 0 Å². The van der Waals surface area contributed by atoms with E-state index in [-0.39, 0.29) is 5.41 Å². The van der Waals surface area contributed by atoms with Crippen molar-refractivity contribution in [3.8, 4) is 0 Å². The topological polar surface area (TPSA) is 17.1 Å². The molecule has 0 N–H and O–H groups in total. The van der Waals surface area contributed by atoms with Crippen LogP contribution in [0.15, 0.2) is 24.3 Å². The Balaban J connectivity index is 2.07. The van der Waals surface area contributed by atoms with Crippen molar-refractivity contribution in [3.05, 3.63) is 35.4 Å². The number of aryl methyl sites for hydroxylation is 1. The van der Waals surface area contributed by atoms with Gasteiger partial charge in [-0.05, 0) is 41.7 Å². The number of hydrogen-bond acceptors (Lipinski definition) is 1. The van der Waals surface area contributed by atoms with Crippen molar-refractivity contribution >= 4 is 5.78 Å². The van der Waals surface area contributed by atoms with E-state index in [4.69, 9.17) is 0 Å². The highest BCUT2D eigenvalue weighted by molar-refractivity contribution is 5.80. The molecule has 0 heterocycles. The number of benzene rings is 1. The molecule has 0 aromatic heterocycles. The Kier molecular flexibility index (Phi) is 2.17. The molecule has 2 unspecified atom stereocenters. The van der Waals surface area contributed by atoms with E-state index in [0.717, 1.165) is 25.7 Å². The molecule has 1 nitrogen and oxygen atoms in total. The zero-order chi connectivity index (χ0) is 11.2. The molecule has 0 aliphatic heterocycles. The molecular formula is C15H18O. The summed E-state index contributed by atoms with van der Waals surface area (Å²) < 4.78 is 0. The molecule has 84 valence electrons. The van der Waals surface area contributed by atoms with Crippen LogP contribution in [-0.4, -0.2) is 5.78 Å². The summed E-state index contributed by atoms with van der Waals surface area (Å²) in [5.74, 6) is 1.06. The summed E-state index contributed by atoms with van der Waals surface area (Å²) in [5.41, 5.74) is 3.29. The van der Waals surface area contributed by atoms with Crippen molar-refractivity contribution in [2.75, 3.05) is 0 Å². The fourth-order valence-corrected chi connectivity index (χ4v) is 3.61. The Hall–Kier alpha value is -1.11. The minimum atomic E-state index is 0.267. The van der Waals surface area contributed by atoms with E-state index in [0.29, 0.717) is 11.7 Å². The van der Waals surface area contributed by atoms with Crippen LogP contribution in [0.4, 0.5) is 0 Å². The van der Waals surface area contributed by atoms with Crippen LogP contribution in [0.3, 0.4) is 0 Å². The van der Waals surface area contributed by atoms with Gasteiger partial charge in [0.25, 0.3) is 0 Å². The van der Waals surface area contributed by atoms with Gasteiger partial charge in [0.05, 0.1) is 0 Å². The van der Waals surface area contributed by atoms with Gasteiger partial charge < -0.3 is 0 Å². The summed E-state index contributed by atoms with van der Waals surface area (Å²) in [6.07, 6.45) is 4.99. The molecule has 1 heteroatoms. The van der Waals surface area contributed by atoms with Gasteiger partial charge in [-0.2, -0.15) is 0 Å². The summed E-state index contributed by atoms with van der Waals surface area (Å²) in [4.78, 5) is 11.6. The Morgan fingerprint density at radius 2 is 2.06 bits per heavy atom. The minimum Gasteiger partial charge on any atom is -0.300 e. The standard InChI is InChI=1S/C15H18O/c1-15-9-8-13(16)10-12(15)7-6-11-4-2-3-5-14(11)15/h2-5,12H,6-10H2,1H3. The molecule has 0 radical (unpaired) electrons. The molecule has 0 saturated heterocycles. The van der Waals surface area contributed by atoms with Crippen molar-refractivity contribution in [2.24, 2.45) is 5.92 Å². The van der Waals surface area contributed by atoms with Crippen molar-refractivity contribution in [1.29, 1.82) is 0 Å². The number of rotatable bonds is 0. The summed E-state index contributed by atoms with van der Waals surface area (Å²) in [6, 6.07) is 8.81. The summed E-state index contributed by atoms with van der Waals surface area (Å²) >= 11 is 0. The van der Waals surface area contributed by atoms with Gasteiger partial charge in [-0.1, -0.05) is 31.2 Å². The van der Waals surface area contributed by atoms with Gasteiger partial charge in [0.2, 0.25) is 0 Å². The SMILES string of the molecule is CC12CCC(=O)CC1CCc1ccccc12. The maximum absolute atomic E-state index is 11.6. The van der Waals surface area contributed by atoms with E-state index in [2.05, 4.69) is 31.2 Å². The molecule has 2 aliphatic rings. The van der Waals surface area contributed by atoms with Crippen LogP contribution in [0.5, 0.6) is 0 Å². The zero-order valence-corrected chi connectivity index (χ0v) is 9.83. The lowest BCUT2D eigenvalue weighted by Gasteiger charge is -2.45. The van der Waals surface area contributed by atoms with Crippen LogP contribution in [0.1, 0.15) is 43.7 Å². The highest BCUT2D eigenvalue weighted by Gasteiger charge is 2.43. The maximum Gasteiger partial charge on any atom is 0.133 e. The number of ketones is 1. The summed E-state index contributed by atoms with van der Waals surface area (Å²) in [6.45, 7) is 2.36. The summed E-state index contributed by atoms with van der Waals surface area (Å²) in [5, 5.41) is 0. The highest BCUT2D eigenvalue weighted by Crippen LogP contribution is 2.48. The van der Waals surface area contributed by atoms with Gasteiger partial charge in [0, 0.05) is 12.8 Å². The molecule has 1 saturated carbocycles. The lowest BCUT2D eigenvalue weighted by atomic mass is 9.58. The van der Waals surface area contributed by atoms with Gasteiger partial charge in [0.1, 0.15) is 5.78 Å². The molecule has 16 heavy (non-hydrogen) atoms. The normalized spacial score (nSPS) is 33.1. The fraction of sp³-hybridized carbons (Fsp3) is 0.533.